The van der Waals surface area contributed by atoms with E-state index in [0.29, 0.717) is 29.8 Å². The fraction of sp³-hybridized carbons (Fsp3) is 0.562. The van der Waals surface area contributed by atoms with Crippen LogP contribution in [0.15, 0.2) is 18.2 Å². The van der Waals surface area contributed by atoms with Crippen LogP contribution >= 0.6 is 11.6 Å². The van der Waals surface area contributed by atoms with Crippen LogP contribution < -0.4 is 15.4 Å². The zero-order valence-electron chi connectivity index (χ0n) is 13.2. The minimum absolute atomic E-state index is 0.106. The molecule has 1 rings (SSSR count). The molecule has 0 aromatic heterocycles. The molecule has 0 aliphatic heterocycles. The van der Waals surface area contributed by atoms with Crippen LogP contribution in [0.3, 0.4) is 0 Å². The summed E-state index contributed by atoms with van der Waals surface area (Å²) < 4.78 is 5.76. The maximum Gasteiger partial charge on any atom is 0.260 e. The van der Waals surface area contributed by atoms with E-state index in [1.807, 2.05) is 25.2 Å². The predicted octanol–water partition coefficient (Wildman–Crippen LogP) is 2.99. The van der Waals surface area contributed by atoms with Gasteiger partial charge in [-0.1, -0.05) is 31.5 Å². The molecule has 1 aromatic rings. The van der Waals surface area contributed by atoms with Gasteiger partial charge < -0.3 is 15.4 Å². The van der Waals surface area contributed by atoms with Gasteiger partial charge in [0.1, 0.15) is 5.75 Å². The topological polar surface area (TPSA) is 50.4 Å². The van der Waals surface area contributed by atoms with Crippen LogP contribution in [0.25, 0.3) is 0 Å². The van der Waals surface area contributed by atoms with E-state index in [-0.39, 0.29) is 5.91 Å². The molecule has 0 aliphatic carbocycles. The number of rotatable bonds is 8. The predicted molar refractivity (Wildman–Crippen MR) is 86.8 cm³/mol. The Morgan fingerprint density at radius 2 is 2.05 bits per heavy atom. The summed E-state index contributed by atoms with van der Waals surface area (Å²) in [5.41, 5.74) is 0.864. The molecule has 1 amide bonds. The number of benzene rings is 1. The monoisotopic (exact) mass is 312 g/mol. The molecule has 0 aliphatic rings. The molecule has 118 valence electrons. The lowest BCUT2D eigenvalue weighted by atomic mass is 10.1. The summed E-state index contributed by atoms with van der Waals surface area (Å²) in [4.78, 5) is 12.0. The lowest BCUT2D eigenvalue weighted by Gasteiger charge is -2.18. The van der Waals surface area contributed by atoms with Gasteiger partial charge in [0.2, 0.25) is 0 Å². The Balaban J connectivity index is 2.63. The van der Waals surface area contributed by atoms with E-state index in [4.69, 9.17) is 16.3 Å². The summed E-state index contributed by atoms with van der Waals surface area (Å²) >= 11 is 6.17. The lowest BCUT2D eigenvalue weighted by Crippen LogP contribution is -2.37. The van der Waals surface area contributed by atoms with Gasteiger partial charge in [0.05, 0.1) is 0 Å². The second-order valence-corrected chi connectivity index (χ2v) is 5.89. The molecule has 21 heavy (non-hydrogen) atoms. The number of hydrogen-bond donors (Lipinski definition) is 2. The van der Waals surface area contributed by atoms with Gasteiger partial charge in [-0.25, -0.2) is 0 Å². The molecule has 1 atom stereocenters. The van der Waals surface area contributed by atoms with Gasteiger partial charge in [0.15, 0.2) is 6.10 Å². The number of carbonyl (C=O) groups is 1. The molecule has 0 saturated carbocycles. The van der Waals surface area contributed by atoms with Crippen LogP contribution in [0.1, 0.15) is 32.8 Å². The molecule has 0 radical (unpaired) electrons. The smallest absolute Gasteiger partial charge is 0.260 e. The van der Waals surface area contributed by atoms with E-state index in [0.717, 1.165) is 12.0 Å². The van der Waals surface area contributed by atoms with E-state index in [1.54, 1.807) is 6.92 Å². The molecule has 1 aromatic carbocycles. The van der Waals surface area contributed by atoms with Crippen molar-refractivity contribution in [1.82, 2.24) is 10.6 Å². The first-order valence-electron chi connectivity index (χ1n) is 7.32. The first-order chi connectivity index (χ1) is 9.95. The van der Waals surface area contributed by atoms with E-state index in [9.17, 15) is 4.79 Å². The number of hydrogen-bond acceptors (Lipinski definition) is 3. The molecule has 0 bridgehead atoms. The van der Waals surface area contributed by atoms with Gasteiger partial charge in [-0.15, -0.1) is 0 Å². The summed E-state index contributed by atoms with van der Waals surface area (Å²) in [5, 5.41) is 6.57. The average molecular weight is 313 g/mol. The highest BCUT2D eigenvalue weighted by molar-refractivity contribution is 6.31. The van der Waals surface area contributed by atoms with Crippen molar-refractivity contribution in [3.63, 3.8) is 0 Å². The Kier molecular flexibility index (Phi) is 7.54. The molecular formula is C16H25ClN2O2. The Morgan fingerprint density at radius 3 is 2.67 bits per heavy atom. The van der Waals surface area contributed by atoms with Gasteiger partial charge in [-0.05, 0) is 38.4 Å². The maximum absolute atomic E-state index is 12.0. The van der Waals surface area contributed by atoms with Crippen molar-refractivity contribution in [3.05, 3.63) is 28.8 Å². The van der Waals surface area contributed by atoms with Crippen LogP contribution in [0, 0.1) is 5.92 Å². The van der Waals surface area contributed by atoms with Crippen molar-refractivity contribution in [2.75, 3.05) is 13.6 Å². The van der Waals surface area contributed by atoms with Crippen molar-refractivity contribution in [1.29, 1.82) is 0 Å². The summed E-state index contributed by atoms with van der Waals surface area (Å²) in [7, 11) is 1.84. The Bertz CT molecular complexity index is 464. The van der Waals surface area contributed by atoms with Crippen LogP contribution in [-0.2, 0) is 11.3 Å². The Hall–Kier alpha value is -1.26. The van der Waals surface area contributed by atoms with E-state index < -0.39 is 6.10 Å². The largest absolute Gasteiger partial charge is 0.481 e. The number of halogens is 1. The zero-order chi connectivity index (χ0) is 15.8. The van der Waals surface area contributed by atoms with Crippen LogP contribution in [0.4, 0.5) is 0 Å². The summed E-state index contributed by atoms with van der Waals surface area (Å²) in [6.45, 7) is 7.26. The van der Waals surface area contributed by atoms with Crippen molar-refractivity contribution in [2.45, 2.75) is 39.8 Å². The number of amides is 1. The quantitative estimate of drug-likeness (QED) is 0.776. The van der Waals surface area contributed by atoms with Gasteiger partial charge in [-0.3, -0.25) is 4.79 Å². The molecule has 4 nitrogen and oxygen atoms in total. The minimum Gasteiger partial charge on any atom is -0.481 e. The molecule has 2 N–H and O–H groups in total. The Labute approximate surface area is 132 Å². The first kappa shape index (κ1) is 17.8. The molecular weight excluding hydrogens is 288 g/mol. The van der Waals surface area contributed by atoms with Crippen molar-refractivity contribution in [2.24, 2.45) is 5.92 Å². The van der Waals surface area contributed by atoms with Gasteiger partial charge in [0, 0.05) is 23.7 Å². The van der Waals surface area contributed by atoms with E-state index >= 15 is 0 Å². The molecule has 0 fully saturated rings. The molecule has 0 spiro atoms. The van der Waals surface area contributed by atoms with Crippen molar-refractivity contribution in [3.8, 4) is 5.75 Å². The highest BCUT2D eigenvalue weighted by Crippen LogP contribution is 2.27. The highest BCUT2D eigenvalue weighted by Gasteiger charge is 2.17. The number of nitrogens with one attached hydrogen (secondary N) is 2. The molecule has 1 unspecified atom stereocenters. The maximum atomic E-state index is 12.0. The van der Waals surface area contributed by atoms with Crippen molar-refractivity contribution >= 4 is 17.5 Å². The van der Waals surface area contributed by atoms with Gasteiger partial charge in [-0.2, -0.15) is 0 Å². The summed E-state index contributed by atoms with van der Waals surface area (Å²) in [6.07, 6.45) is 0.409. The highest BCUT2D eigenvalue weighted by atomic mass is 35.5. The SMILES string of the molecule is CNCc1c(Cl)cccc1OC(C)C(=O)NCCC(C)C. The third-order valence-corrected chi connectivity index (χ3v) is 3.48. The second kappa shape index (κ2) is 8.90. The third kappa shape index (κ3) is 5.94. The van der Waals surface area contributed by atoms with Crippen LogP contribution in [0.2, 0.25) is 5.02 Å². The number of ether oxygens (including phenoxy) is 1. The Morgan fingerprint density at radius 1 is 1.33 bits per heavy atom. The van der Waals surface area contributed by atoms with E-state index in [2.05, 4.69) is 24.5 Å². The third-order valence-electron chi connectivity index (χ3n) is 3.12. The fourth-order valence-electron chi connectivity index (χ4n) is 1.87. The van der Waals surface area contributed by atoms with Gasteiger partial charge >= 0.3 is 0 Å². The summed E-state index contributed by atoms with van der Waals surface area (Å²) in [6, 6.07) is 5.46. The second-order valence-electron chi connectivity index (χ2n) is 5.48. The van der Waals surface area contributed by atoms with E-state index in [1.165, 1.54) is 0 Å². The normalized spacial score (nSPS) is 12.3. The van der Waals surface area contributed by atoms with Crippen LogP contribution in [-0.4, -0.2) is 25.6 Å². The molecule has 0 heterocycles. The lowest BCUT2D eigenvalue weighted by molar-refractivity contribution is -0.127. The standard InChI is InChI=1S/C16H25ClN2O2/c1-11(2)8-9-19-16(20)12(3)21-15-7-5-6-14(17)13(15)10-18-4/h5-7,11-12,18H,8-10H2,1-4H3,(H,19,20). The van der Waals surface area contributed by atoms with Crippen molar-refractivity contribution < 1.29 is 9.53 Å². The summed E-state index contributed by atoms with van der Waals surface area (Å²) in [5.74, 6) is 1.10. The molecule has 0 saturated heterocycles. The van der Waals surface area contributed by atoms with Crippen LogP contribution in [0.5, 0.6) is 5.75 Å². The average Bonchev–Trinajstić information content (AvgIpc) is 2.42. The van der Waals surface area contributed by atoms with Gasteiger partial charge in [0.25, 0.3) is 5.91 Å². The molecule has 5 heteroatoms. The number of carbonyl (C=O) groups excluding carboxylic acids is 1. The fourth-order valence-corrected chi connectivity index (χ4v) is 2.10. The minimum atomic E-state index is -0.550. The first-order valence-corrected chi connectivity index (χ1v) is 7.69. The zero-order valence-corrected chi connectivity index (χ0v) is 14.0.